The third kappa shape index (κ3) is 3.37. The van der Waals surface area contributed by atoms with Gasteiger partial charge in [0.2, 0.25) is 5.82 Å². The van der Waals surface area contributed by atoms with Crippen LogP contribution in [0.2, 0.25) is 0 Å². The molecule has 0 radical (unpaired) electrons. The van der Waals surface area contributed by atoms with Gasteiger partial charge in [0, 0.05) is 5.56 Å². The van der Waals surface area contributed by atoms with Gasteiger partial charge in [0.05, 0.1) is 0 Å². The van der Waals surface area contributed by atoms with Crippen LogP contribution in [0.5, 0.6) is 11.5 Å². The lowest BCUT2D eigenvalue weighted by molar-refractivity contribution is 0.0690. The summed E-state index contributed by atoms with van der Waals surface area (Å²) in [6, 6.07) is 0. The standard InChI is InChI=1S/C14H18F2O4/c1-2-3-4-5-6-7-8-9(14(19)20)12(17)13(18)11(16)10(8)15/h17-18H,2-7H2,1H3,(H,19,20). The molecule has 0 atom stereocenters. The van der Waals surface area contributed by atoms with E-state index in [1.54, 1.807) is 0 Å². The number of phenolic OH excluding ortho intramolecular Hbond substituents is 1. The Kier molecular flexibility index (Phi) is 5.73. The molecular formula is C14H18F2O4. The van der Waals surface area contributed by atoms with Crippen LogP contribution in [0.3, 0.4) is 0 Å². The minimum absolute atomic E-state index is 0.00193. The van der Waals surface area contributed by atoms with E-state index < -0.39 is 40.2 Å². The highest BCUT2D eigenvalue weighted by Gasteiger charge is 2.27. The number of carbonyl (C=O) groups is 1. The molecular weight excluding hydrogens is 270 g/mol. The van der Waals surface area contributed by atoms with Crippen molar-refractivity contribution in [2.45, 2.75) is 45.4 Å². The first-order chi connectivity index (χ1) is 9.41. The molecule has 0 spiro atoms. The van der Waals surface area contributed by atoms with E-state index in [9.17, 15) is 18.7 Å². The first-order valence-electron chi connectivity index (χ1n) is 6.56. The zero-order valence-electron chi connectivity index (χ0n) is 11.2. The first kappa shape index (κ1) is 16.2. The molecule has 112 valence electrons. The monoisotopic (exact) mass is 288 g/mol. The number of aromatic hydroxyl groups is 2. The van der Waals surface area contributed by atoms with E-state index in [1.807, 2.05) is 6.92 Å². The molecule has 1 rings (SSSR count). The predicted molar refractivity (Wildman–Crippen MR) is 69.1 cm³/mol. The average molecular weight is 288 g/mol. The highest BCUT2D eigenvalue weighted by atomic mass is 19.2. The Hall–Kier alpha value is -1.85. The predicted octanol–water partition coefficient (Wildman–Crippen LogP) is 3.59. The number of benzene rings is 1. The zero-order valence-corrected chi connectivity index (χ0v) is 11.2. The third-order valence-corrected chi connectivity index (χ3v) is 3.17. The van der Waals surface area contributed by atoms with Gasteiger partial charge in [-0.2, -0.15) is 4.39 Å². The fourth-order valence-electron chi connectivity index (χ4n) is 2.08. The summed E-state index contributed by atoms with van der Waals surface area (Å²) >= 11 is 0. The number of phenols is 2. The van der Waals surface area contributed by atoms with Crippen molar-refractivity contribution in [3.63, 3.8) is 0 Å². The Bertz CT molecular complexity index is 501. The van der Waals surface area contributed by atoms with Crippen LogP contribution in [0, 0.1) is 11.6 Å². The number of rotatable bonds is 7. The molecule has 1 aromatic rings. The van der Waals surface area contributed by atoms with Gasteiger partial charge in [-0.05, 0) is 12.8 Å². The second kappa shape index (κ2) is 7.07. The summed E-state index contributed by atoms with van der Waals surface area (Å²) in [7, 11) is 0. The van der Waals surface area contributed by atoms with E-state index >= 15 is 0 Å². The molecule has 0 unspecified atom stereocenters. The van der Waals surface area contributed by atoms with E-state index in [0.29, 0.717) is 6.42 Å². The highest BCUT2D eigenvalue weighted by molar-refractivity contribution is 5.93. The van der Waals surface area contributed by atoms with Crippen LogP contribution in [0.15, 0.2) is 0 Å². The molecule has 0 amide bonds. The number of unbranched alkanes of at least 4 members (excludes halogenated alkanes) is 4. The maximum atomic E-state index is 13.7. The van der Waals surface area contributed by atoms with Crippen molar-refractivity contribution in [3.05, 3.63) is 22.8 Å². The van der Waals surface area contributed by atoms with Gasteiger partial charge in [-0.15, -0.1) is 0 Å². The second-order valence-corrected chi connectivity index (χ2v) is 4.65. The quantitative estimate of drug-likeness (QED) is 0.529. The highest BCUT2D eigenvalue weighted by Crippen LogP contribution is 2.37. The zero-order chi connectivity index (χ0) is 15.3. The third-order valence-electron chi connectivity index (χ3n) is 3.17. The number of hydrogen-bond acceptors (Lipinski definition) is 3. The molecule has 1 aromatic carbocycles. The van der Waals surface area contributed by atoms with Gasteiger partial charge in [0.15, 0.2) is 17.3 Å². The normalized spacial score (nSPS) is 10.8. The lowest BCUT2D eigenvalue weighted by Gasteiger charge is -2.12. The Morgan fingerprint density at radius 3 is 2.15 bits per heavy atom. The van der Waals surface area contributed by atoms with Gasteiger partial charge in [0.25, 0.3) is 0 Å². The maximum Gasteiger partial charge on any atom is 0.340 e. The minimum Gasteiger partial charge on any atom is -0.504 e. The van der Waals surface area contributed by atoms with Gasteiger partial charge in [-0.1, -0.05) is 32.6 Å². The molecule has 0 saturated carbocycles. The summed E-state index contributed by atoms with van der Waals surface area (Å²) in [5.74, 6) is -7.11. The van der Waals surface area contributed by atoms with Crippen LogP contribution in [0.25, 0.3) is 0 Å². The molecule has 0 bridgehead atoms. The molecule has 0 aliphatic heterocycles. The molecule has 0 saturated heterocycles. The summed E-state index contributed by atoms with van der Waals surface area (Å²) < 4.78 is 27.1. The smallest absolute Gasteiger partial charge is 0.340 e. The molecule has 0 aliphatic carbocycles. The van der Waals surface area contributed by atoms with E-state index in [1.165, 1.54) is 0 Å². The van der Waals surface area contributed by atoms with Crippen molar-refractivity contribution in [2.75, 3.05) is 0 Å². The molecule has 4 nitrogen and oxygen atoms in total. The summed E-state index contributed by atoms with van der Waals surface area (Å²) in [5.41, 5.74) is -1.17. The summed E-state index contributed by atoms with van der Waals surface area (Å²) in [5, 5.41) is 27.6. The van der Waals surface area contributed by atoms with Crippen molar-refractivity contribution in [1.82, 2.24) is 0 Å². The second-order valence-electron chi connectivity index (χ2n) is 4.65. The maximum absolute atomic E-state index is 13.7. The van der Waals surface area contributed by atoms with Gasteiger partial charge < -0.3 is 15.3 Å². The van der Waals surface area contributed by atoms with Crippen LogP contribution in [0.1, 0.15) is 54.9 Å². The summed E-state index contributed by atoms with van der Waals surface area (Å²) in [4.78, 5) is 11.0. The van der Waals surface area contributed by atoms with Crippen molar-refractivity contribution in [3.8, 4) is 11.5 Å². The largest absolute Gasteiger partial charge is 0.504 e. The Morgan fingerprint density at radius 2 is 1.60 bits per heavy atom. The van der Waals surface area contributed by atoms with Gasteiger partial charge >= 0.3 is 5.97 Å². The number of carboxylic acid groups (broad SMARTS) is 1. The van der Waals surface area contributed by atoms with Gasteiger partial charge in [0.1, 0.15) is 5.56 Å². The first-order valence-corrected chi connectivity index (χ1v) is 6.56. The molecule has 3 N–H and O–H groups in total. The summed E-state index contributed by atoms with van der Waals surface area (Å²) in [6.45, 7) is 2.04. The molecule has 0 aromatic heterocycles. The molecule has 0 heterocycles. The van der Waals surface area contributed by atoms with Crippen LogP contribution in [-0.4, -0.2) is 21.3 Å². The number of carboxylic acids is 1. The Labute approximate surface area is 115 Å². The number of halogens is 2. The average Bonchev–Trinajstić information content (AvgIpc) is 2.41. The van der Waals surface area contributed by atoms with E-state index in [2.05, 4.69) is 0 Å². The van der Waals surface area contributed by atoms with Gasteiger partial charge in [-0.3, -0.25) is 0 Å². The van der Waals surface area contributed by atoms with Crippen LogP contribution < -0.4 is 0 Å². The van der Waals surface area contributed by atoms with Gasteiger partial charge in [-0.25, -0.2) is 9.18 Å². The topological polar surface area (TPSA) is 77.8 Å². The lowest BCUT2D eigenvalue weighted by atomic mass is 9.98. The van der Waals surface area contributed by atoms with E-state index in [0.717, 1.165) is 25.7 Å². The van der Waals surface area contributed by atoms with Crippen molar-refractivity contribution in [1.29, 1.82) is 0 Å². The fraction of sp³-hybridized carbons (Fsp3) is 0.500. The van der Waals surface area contributed by atoms with Crippen molar-refractivity contribution >= 4 is 5.97 Å². The van der Waals surface area contributed by atoms with E-state index in [4.69, 9.17) is 10.2 Å². The fourth-order valence-corrected chi connectivity index (χ4v) is 2.08. The van der Waals surface area contributed by atoms with Crippen LogP contribution in [-0.2, 0) is 6.42 Å². The molecule has 20 heavy (non-hydrogen) atoms. The Morgan fingerprint density at radius 1 is 1.00 bits per heavy atom. The van der Waals surface area contributed by atoms with Crippen molar-refractivity contribution in [2.24, 2.45) is 0 Å². The SMILES string of the molecule is CCCCCCCc1c(F)c(F)c(O)c(O)c1C(=O)O. The molecule has 0 aliphatic rings. The van der Waals surface area contributed by atoms with Crippen LogP contribution >= 0.6 is 0 Å². The Balaban J connectivity index is 3.01. The van der Waals surface area contributed by atoms with E-state index in [-0.39, 0.29) is 6.42 Å². The number of hydrogen-bond donors (Lipinski definition) is 3. The number of aromatic carboxylic acids is 1. The lowest BCUT2D eigenvalue weighted by Crippen LogP contribution is -2.08. The molecule has 6 heteroatoms. The summed E-state index contributed by atoms with van der Waals surface area (Å²) in [6.07, 6.45) is 4.22. The minimum atomic E-state index is -1.61. The van der Waals surface area contributed by atoms with Crippen molar-refractivity contribution < 1.29 is 28.9 Å². The molecule has 0 fully saturated rings. The van der Waals surface area contributed by atoms with Crippen LogP contribution in [0.4, 0.5) is 8.78 Å².